The lowest BCUT2D eigenvalue weighted by molar-refractivity contribution is 0.225. The van der Waals surface area contributed by atoms with Crippen LogP contribution in [0.2, 0.25) is 5.02 Å². The van der Waals surface area contributed by atoms with Gasteiger partial charge in [0, 0.05) is 29.9 Å². The fraction of sp³-hybridized carbons (Fsp3) is 0.519. The molecular formula is C27H36ClN3O. The van der Waals surface area contributed by atoms with E-state index in [-0.39, 0.29) is 6.04 Å². The van der Waals surface area contributed by atoms with Crippen LogP contribution in [-0.4, -0.2) is 31.8 Å². The molecule has 4 nitrogen and oxygen atoms in total. The van der Waals surface area contributed by atoms with E-state index < -0.39 is 0 Å². The van der Waals surface area contributed by atoms with E-state index in [2.05, 4.69) is 62.2 Å². The van der Waals surface area contributed by atoms with E-state index in [4.69, 9.17) is 21.3 Å². The van der Waals surface area contributed by atoms with Crippen molar-refractivity contribution in [3.8, 4) is 0 Å². The van der Waals surface area contributed by atoms with Crippen LogP contribution in [0.3, 0.4) is 0 Å². The van der Waals surface area contributed by atoms with Gasteiger partial charge in [0.1, 0.15) is 0 Å². The fourth-order valence-corrected chi connectivity index (χ4v) is 5.12. The zero-order valence-corrected chi connectivity index (χ0v) is 20.6. The topological polar surface area (TPSA) is 36.9 Å². The molecule has 0 bridgehead atoms. The minimum Gasteiger partial charge on any atom is -0.465 e. The molecule has 5 heteroatoms. The number of anilines is 1. The minimum absolute atomic E-state index is 0.112. The number of ether oxygens (including phenoxy) is 1. The molecule has 2 heterocycles. The van der Waals surface area contributed by atoms with Gasteiger partial charge in [-0.2, -0.15) is 0 Å². The van der Waals surface area contributed by atoms with Crippen molar-refractivity contribution < 1.29 is 4.74 Å². The quantitative estimate of drug-likeness (QED) is 0.501. The number of unbranched alkanes of at least 4 members (excludes halogenated alkanes) is 1. The second kappa shape index (κ2) is 10.2. The van der Waals surface area contributed by atoms with Crippen molar-refractivity contribution in [1.82, 2.24) is 5.32 Å². The zero-order valence-electron chi connectivity index (χ0n) is 19.8. The predicted molar refractivity (Wildman–Crippen MR) is 137 cm³/mol. The van der Waals surface area contributed by atoms with Gasteiger partial charge in [-0.25, -0.2) is 4.99 Å². The van der Waals surface area contributed by atoms with Crippen molar-refractivity contribution in [2.24, 2.45) is 16.8 Å². The van der Waals surface area contributed by atoms with Crippen LogP contribution in [0, 0.1) is 11.8 Å². The summed E-state index contributed by atoms with van der Waals surface area (Å²) in [4.78, 5) is 7.46. The van der Waals surface area contributed by atoms with Crippen LogP contribution in [-0.2, 0) is 4.74 Å². The summed E-state index contributed by atoms with van der Waals surface area (Å²) in [6.07, 6.45) is 4.66. The van der Waals surface area contributed by atoms with E-state index in [0.717, 1.165) is 29.9 Å². The number of nitrogens with zero attached hydrogens (tertiary/aromatic N) is 2. The molecule has 2 aliphatic rings. The normalized spacial score (nSPS) is 19.6. The number of hydrogen-bond donors (Lipinski definition) is 1. The lowest BCUT2D eigenvalue weighted by Crippen LogP contribution is -2.46. The molecule has 1 fully saturated rings. The Morgan fingerprint density at radius 1 is 1.19 bits per heavy atom. The van der Waals surface area contributed by atoms with Crippen LogP contribution in [0.15, 0.2) is 52.7 Å². The van der Waals surface area contributed by atoms with Gasteiger partial charge in [-0.1, -0.05) is 76.4 Å². The van der Waals surface area contributed by atoms with Gasteiger partial charge in [0.05, 0.1) is 17.7 Å². The highest BCUT2D eigenvalue weighted by atomic mass is 35.5. The van der Waals surface area contributed by atoms with Crippen LogP contribution < -0.4 is 10.2 Å². The molecule has 0 aliphatic carbocycles. The van der Waals surface area contributed by atoms with Gasteiger partial charge >= 0.3 is 0 Å². The number of nitrogens with one attached hydrogen (secondary N) is 1. The molecule has 2 unspecified atom stereocenters. The average Bonchev–Trinajstić information content (AvgIpc) is 2.80. The van der Waals surface area contributed by atoms with Crippen molar-refractivity contribution in [2.45, 2.75) is 59.4 Å². The summed E-state index contributed by atoms with van der Waals surface area (Å²) in [7, 11) is 0. The Labute approximate surface area is 197 Å². The van der Waals surface area contributed by atoms with Gasteiger partial charge < -0.3 is 15.0 Å². The monoisotopic (exact) mass is 453 g/mol. The number of allylic oxidation sites excluding steroid dienone is 1. The van der Waals surface area contributed by atoms with Crippen molar-refractivity contribution in [1.29, 1.82) is 0 Å². The summed E-state index contributed by atoms with van der Waals surface area (Å²) in [6, 6.07) is 13.4. The number of hydrogen-bond acceptors (Lipinski definition) is 4. The smallest absolute Gasteiger partial charge is 0.289 e. The largest absolute Gasteiger partial charge is 0.465 e. The molecule has 0 aromatic heterocycles. The number of fused-ring (bicyclic) bond motifs is 2. The fourth-order valence-electron chi connectivity index (χ4n) is 4.84. The Hall–Kier alpha value is -2.20. The Bertz CT molecular complexity index is 1010. The molecule has 172 valence electrons. The molecule has 0 radical (unpaired) electrons. The van der Waals surface area contributed by atoms with Crippen LogP contribution >= 0.6 is 11.6 Å². The predicted octanol–water partition coefficient (Wildman–Crippen LogP) is 6.78. The van der Waals surface area contributed by atoms with Crippen LogP contribution in [0.5, 0.6) is 0 Å². The molecule has 2 aromatic carbocycles. The molecule has 2 atom stereocenters. The molecule has 1 saturated heterocycles. The Morgan fingerprint density at radius 3 is 2.72 bits per heavy atom. The first kappa shape index (κ1) is 23.0. The molecule has 0 spiro atoms. The highest BCUT2D eigenvalue weighted by Gasteiger charge is 2.32. The van der Waals surface area contributed by atoms with E-state index in [1.165, 1.54) is 41.6 Å². The van der Waals surface area contributed by atoms with Crippen molar-refractivity contribution >= 4 is 34.1 Å². The second-order valence-electron chi connectivity index (χ2n) is 9.54. The van der Waals surface area contributed by atoms with Crippen LogP contribution in [0.1, 0.15) is 53.4 Å². The summed E-state index contributed by atoms with van der Waals surface area (Å²) in [6.45, 7) is 11.5. The lowest BCUT2D eigenvalue weighted by atomic mass is 9.91. The van der Waals surface area contributed by atoms with Crippen molar-refractivity contribution in [2.75, 3.05) is 24.6 Å². The number of piperidine rings is 1. The first-order valence-electron chi connectivity index (χ1n) is 12.1. The van der Waals surface area contributed by atoms with Gasteiger partial charge in [-0.05, 0) is 47.8 Å². The first-order valence-corrected chi connectivity index (χ1v) is 12.5. The molecule has 1 N–H and O–H groups in total. The van der Waals surface area contributed by atoms with Crippen LogP contribution in [0.4, 0.5) is 5.69 Å². The van der Waals surface area contributed by atoms with Gasteiger partial charge in [0.2, 0.25) is 0 Å². The van der Waals surface area contributed by atoms with E-state index in [0.29, 0.717) is 24.5 Å². The summed E-state index contributed by atoms with van der Waals surface area (Å²) < 4.78 is 6.17. The Morgan fingerprint density at radius 2 is 1.97 bits per heavy atom. The molecule has 4 rings (SSSR count). The number of benzene rings is 2. The third-order valence-electron chi connectivity index (χ3n) is 6.61. The number of aliphatic imine (C=N–C) groups is 1. The van der Waals surface area contributed by atoms with Gasteiger partial charge in [0.15, 0.2) is 0 Å². The van der Waals surface area contributed by atoms with Gasteiger partial charge in [-0.3, -0.25) is 0 Å². The second-order valence-corrected chi connectivity index (χ2v) is 9.95. The number of amidine groups is 1. The molecule has 32 heavy (non-hydrogen) atoms. The third-order valence-corrected chi connectivity index (χ3v) is 6.93. The number of rotatable bonds is 7. The van der Waals surface area contributed by atoms with E-state index in [9.17, 15) is 0 Å². The van der Waals surface area contributed by atoms with Crippen molar-refractivity contribution in [3.05, 3.63) is 52.7 Å². The molecule has 0 amide bonds. The van der Waals surface area contributed by atoms with E-state index >= 15 is 0 Å². The molecule has 2 aromatic rings. The minimum atomic E-state index is 0.112. The Balaban J connectivity index is 1.57. The van der Waals surface area contributed by atoms with Crippen LogP contribution in [0.25, 0.3) is 10.8 Å². The third kappa shape index (κ3) is 4.91. The zero-order chi connectivity index (χ0) is 22.7. The SMILES string of the molecule is CCCCC(C)COC1=NC2CN(c3cccc4cccc(Cl)c34)CCC2=C(C(C)C)N1. The molecule has 2 aliphatic heterocycles. The maximum atomic E-state index is 6.62. The first-order chi connectivity index (χ1) is 15.5. The van der Waals surface area contributed by atoms with E-state index in [1.807, 2.05) is 12.1 Å². The summed E-state index contributed by atoms with van der Waals surface area (Å²) in [5, 5.41) is 6.64. The van der Waals surface area contributed by atoms with Crippen molar-refractivity contribution in [3.63, 3.8) is 0 Å². The highest BCUT2D eigenvalue weighted by Crippen LogP contribution is 2.37. The Kier molecular flexibility index (Phi) is 7.30. The maximum absolute atomic E-state index is 6.62. The average molecular weight is 454 g/mol. The lowest BCUT2D eigenvalue weighted by Gasteiger charge is -2.39. The van der Waals surface area contributed by atoms with Gasteiger partial charge in [-0.15, -0.1) is 0 Å². The summed E-state index contributed by atoms with van der Waals surface area (Å²) in [5.74, 6) is 0.950. The number of halogens is 1. The van der Waals surface area contributed by atoms with Gasteiger partial charge in [0.25, 0.3) is 6.02 Å². The summed E-state index contributed by atoms with van der Waals surface area (Å²) in [5.41, 5.74) is 3.91. The summed E-state index contributed by atoms with van der Waals surface area (Å²) >= 11 is 6.62. The highest BCUT2D eigenvalue weighted by molar-refractivity contribution is 6.36. The standard InChI is InChI=1S/C27H36ClN3O/c1-5-6-9-19(4)17-32-27-29-23-16-31(15-14-21(23)26(30-27)18(2)3)24-13-8-11-20-10-7-12-22(28)25(20)24/h7-8,10-13,18-19,23H,5-6,9,14-17H2,1-4H3,(H,29,30). The maximum Gasteiger partial charge on any atom is 0.289 e. The molecular weight excluding hydrogens is 418 g/mol. The molecule has 0 saturated carbocycles. The van der Waals surface area contributed by atoms with E-state index in [1.54, 1.807) is 0 Å².